The van der Waals surface area contributed by atoms with Crippen LogP contribution in [0.2, 0.25) is 0 Å². The molecule has 1 atom stereocenters. The topological polar surface area (TPSA) is 68.8 Å². The van der Waals surface area contributed by atoms with E-state index in [0.717, 1.165) is 25.2 Å². The molecule has 0 spiro atoms. The monoisotopic (exact) mass is 287 g/mol. The average molecular weight is 287 g/mol. The van der Waals surface area contributed by atoms with Crippen molar-refractivity contribution in [1.82, 2.24) is 20.2 Å². The van der Waals surface area contributed by atoms with Crippen LogP contribution in [0.15, 0.2) is 30.6 Å². The minimum absolute atomic E-state index is 0.154. The first-order valence-electron chi connectivity index (χ1n) is 7.47. The Bertz CT molecular complexity index is 561. The first-order valence-corrected chi connectivity index (χ1v) is 7.47. The molecule has 0 amide bonds. The molecular weight excluding hydrogens is 262 g/mol. The fourth-order valence-corrected chi connectivity index (χ4v) is 2.46. The minimum atomic E-state index is 0.154. The Balaban J connectivity index is 2.06. The van der Waals surface area contributed by atoms with Crippen molar-refractivity contribution in [2.24, 2.45) is 11.8 Å². The van der Waals surface area contributed by atoms with E-state index in [1.54, 1.807) is 6.33 Å². The average Bonchev–Trinajstić information content (AvgIpc) is 2.86. The third kappa shape index (κ3) is 4.37. The standard InChI is InChI=1S/C16H25N5/c1-12(2)10-21-16(18-11-19-21)9-15(20-17)8-14-7-5-4-6-13(14)3/h4-7,11-12,15,20H,8-10,17H2,1-3H3. The maximum Gasteiger partial charge on any atom is 0.138 e. The molecule has 1 aromatic heterocycles. The highest BCUT2D eigenvalue weighted by Gasteiger charge is 2.14. The van der Waals surface area contributed by atoms with Crippen molar-refractivity contribution in [1.29, 1.82) is 0 Å². The summed E-state index contributed by atoms with van der Waals surface area (Å²) in [4.78, 5) is 4.38. The van der Waals surface area contributed by atoms with Crippen molar-refractivity contribution in [3.63, 3.8) is 0 Å². The van der Waals surface area contributed by atoms with Crippen molar-refractivity contribution in [3.05, 3.63) is 47.5 Å². The Labute approximate surface area is 126 Å². The van der Waals surface area contributed by atoms with Crippen molar-refractivity contribution < 1.29 is 0 Å². The maximum atomic E-state index is 5.73. The van der Waals surface area contributed by atoms with Crippen LogP contribution in [-0.2, 0) is 19.4 Å². The summed E-state index contributed by atoms with van der Waals surface area (Å²) in [7, 11) is 0. The smallest absolute Gasteiger partial charge is 0.138 e. The van der Waals surface area contributed by atoms with Crippen molar-refractivity contribution in [2.45, 2.75) is 46.2 Å². The fourth-order valence-electron chi connectivity index (χ4n) is 2.46. The van der Waals surface area contributed by atoms with Crippen LogP contribution in [0.3, 0.4) is 0 Å². The number of nitrogens with zero attached hydrogens (tertiary/aromatic N) is 3. The number of nitrogens with two attached hydrogens (primary N) is 1. The number of aromatic nitrogens is 3. The lowest BCUT2D eigenvalue weighted by Gasteiger charge is -2.17. The number of hydrazine groups is 1. The molecule has 0 saturated carbocycles. The fraction of sp³-hybridized carbons (Fsp3) is 0.500. The molecule has 5 heteroatoms. The highest BCUT2D eigenvalue weighted by molar-refractivity contribution is 5.26. The van der Waals surface area contributed by atoms with E-state index >= 15 is 0 Å². The molecule has 1 heterocycles. The SMILES string of the molecule is Cc1ccccc1CC(Cc1ncnn1CC(C)C)NN. The Morgan fingerprint density at radius 1 is 1.24 bits per heavy atom. The van der Waals surface area contributed by atoms with E-state index < -0.39 is 0 Å². The van der Waals surface area contributed by atoms with Gasteiger partial charge in [-0.1, -0.05) is 38.1 Å². The van der Waals surface area contributed by atoms with Crippen LogP contribution in [0.4, 0.5) is 0 Å². The van der Waals surface area contributed by atoms with Gasteiger partial charge in [-0.05, 0) is 30.4 Å². The third-order valence-corrected chi connectivity index (χ3v) is 3.63. The number of aryl methyl sites for hydroxylation is 1. The second-order valence-corrected chi connectivity index (χ2v) is 5.95. The Kier molecular flexibility index (Phi) is 5.47. The molecule has 2 rings (SSSR count). The van der Waals surface area contributed by atoms with Crippen LogP contribution in [0.1, 0.15) is 30.8 Å². The first-order chi connectivity index (χ1) is 10.1. The van der Waals surface area contributed by atoms with Gasteiger partial charge in [0.2, 0.25) is 0 Å². The van der Waals surface area contributed by atoms with Gasteiger partial charge in [0, 0.05) is 19.0 Å². The minimum Gasteiger partial charge on any atom is -0.271 e. The summed E-state index contributed by atoms with van der Waals surface area (Å²) in [5.74, 6) is 7.26. The highest BCUT2D eigenvalue weighted by atomic mass is 15.3. The molecule has 3 N–H and O–H groups in total. The quantitative estimate of drug-likeness (QED) is 0.602. The van der Waals surface area contributed by atoms with Gasteiger partial charge in [0.1, 0.15) is 12.2 Å². The highest BCUT2D eigenvalue weighted by Crippen LogP contribution is 2.12. The van der Waals surface area contributed by atoms with Crippen LogP contribution < -0.4 is 11.3 Å². The van der Waals surface area contributed by atoms with Gasteiger partial charge in [0.15, 0.2) is 0 Å². The van der Waals surface area contributed by atoms with Crippen LogP contribution in [0.25, 0.3) is 0 Å². The van der Waals surface area contributed by atoms with Gasteiger partial charge in [-0.15, -0.1) is 0 Å². The van der Waals surface area contributed by atoms with Crippen LogP contribution in [0.5, 0.6) is 0 Å². The van der Waals surface area contributed by atoms with Gasteiger partial charge in [-0.2, -0.15) is 5.10 Å². The molecule has 2 aromatic rings. The van der Waals surface area contributed by atoms with Crippen LogP contribution in [-0.4, -0.2) is 20.8 Å². The molecule has 0 radical (unpaired) electrons. The molecule has 0 aliphatic rings. The first kappa shape index (κ1) is 15.7. The van der Waals surface area contributed by atoms with Crippen molar-refractivity contribution in [3.8, 4) is 0 Å². The van der Waals surface area contributed by atoms with Gasteiger partial charge < -0.3 is 0 Å². The molecule has 1 aromatic carbocycles. The van der Waals surface area contributed by atoms with E-state index in [-0.39, 0.29) is 6.04 Å². The van der Waals surface area contributed by atoms with E-state index in [4.69, 9.17) is 5.84 Å². The van der Waals surface area contributed by atoms with Crippen LogP contribution >= 0.6 is 0 Å². The van der Waals surface area contributed by atoms with Gasteiger partial charge in [-0.25, -0.2) is 9.67 Å². The van der Waals surface area contributed by atoms with Crippen LogP contribution in [0, 0.1) is 12.8 Å². The summed E-state index contributed by atoms with van der Waals surface area (Å²) in [5.41, 5.74) is 5.52. The molecule has 0 fully saturated rings. The largest absolute Gasteiger partial charge is 0.271 e. The molecule has 0 aliphatic heterocycles. The number of hydrogen-bond acceptors (Lipinski definition) is 4. The van der Waals surface area contributed by atoms with E-state index in [0.29, 0.717) is 5.92 Å². The lowest BCUT2D eigenvalue weighted by molar-refractivity contribution is 0.441. The summed E-state index contributed by atoms with van der Waals surface area (Å²) in [6.45, 7) is 7.37. The van der Waals surface area contributed by atoms with Gasteiger partial charge in [0.25, 0.3) is 0 Å². The summed E-state index contributed by atoms with van der Waals surface area (Å²) >= 11 is 0. The van der Waals surface area contributed by atoms with E-state index in [1.807, 2.05) is 4.68 Å². The number of benzene rings is 1. The molecule has 0 saturated heterocycles. The summed E-state index contributed by atoms with van der Waals surface area (Å²) in [6.07, 6.45) is 3.29. The normalized spacial score (nSPS) is 12.8. The predicted octanol–water partition coefficient (Wildman–Crippen LogP) is 1.86. The molecule has 114 valence electrons. The summed E-state index contributed by atoms with van der Waals surface area (Å²) < 4.78 is 1.98. The number of nitrogens with one attached hydrogen (secondary N) is 1. The second-order valence-electron chi connectivity index (χ2n) is 5.95. The van der Waals surface area contributed by atoms with Gasteiger partial charge in [0.05, 0.1) is 0 Å². The lowest BCUT2D eigenvalue weighted by Crippen LogP contribution is -2.39. The molecule has 5 nitrogen and oxygen atoms in total. The van der Waals surface area contributed by atoms with E-state index in [9.17, 15) is 0 Å². The van der Waals surface area contributed by atoms with Crippen molar-refractivity contribution >= 4 is 0 Å². The zero-order valence-corrected chi connectivity index (χ0v) is 13.1. The van der Waals surface area contributed by atoms with Gasteiger partial charge in [-0.3, -0.25) is 11.3 Å². The Morgan fingerprint density at radius 3 is 2.67 bits per heavy atom. The molecule has 0 bridgehead atoms. The maximum absolute atomic E-state index is 5.73. The molecule has 1 unspecified atom stereocenters. The molecule has 0 aliphatic carbocycles. The zero-order valence-electron chi connectivity index (χ0n) is 13.1. The third-order valence-electron chi connectivity index (χ3n) is 3.63. The van der Waals surface area contributed by atoms with Gasteiger partial charge >= 0.3 is 0 Å². The summed E-state index contributed by atoms with van der Waals surface area (Å²) in [5, 5.41) is 4.31. The van der Waals surface area contributed by atoms with E-state index in [2.05, 4.69) is 60.5 Å². The van der Waals surface area contributed by atoms with E-state index in [1.165, 1.54) is 11.1 Å². The number of rotatable bonds is 7. The second kappa shape index (κ2) is 7.33. The molecular formula is C16H25N5. The predicted molar refractivity (Wildman–Crippen MR) is 84.6 cm³/mol. The lowest BCUT2D eigenvalue weighted by atomic mass is 9.99. The zero-order chi connectivity index (χ0) is 15.2. The Morgan fingerprint density at radius 2 is 2.00 bits per heavy atom. The number of hydrogen-bond donors (Lipinski definition) is 2. The van der Waals surface area contributed by atoms with Crippen molar-refractivity contribution in [2.75, 3.05) is 0 Å². The Hall–Kier alpha value is -1.72. The summed E-state index contributed by atoms with van der Waals surface area (Å²) in [6, 6.07) is 8.56. The molecule has 21 heavy (non-hydrogen) atoms.